The largest absolute Gasteiger partial charge is 0.504 e. The number of aryl methyl sites for hydroxylation is 1. The van der Waals surface area contributed by atoms with Crippen LogP contribution in [-0.2, 0) is 0 Å². The fourth-order valence-electron chi connectivity index (χ4n) is 0.590. The number of halogens is 2. The minimum absolute atomic E-state index is 0.0463. The molecule has 0 saturated heterocycles. The van der Waals surface area contributed by atoms with E-state index < -0.39 is 0 Å². The van der Waals surface area contributed by atoms with E-state index in [1.54, 1.807) is 13.0 Å². The molecule has 0 aliphatic carbocycles. The maximum atomic E-state index is 9.00. The standard InChI is InChI=1S/C6H5Cl2NO/c1-3-2-4(7)5(10)6(8)9-3/h2,10H,1H3. The molecule has 1 aromatic heterocycles. The van der Waals surface area contributed by atoms with Gasteiger partial charge in [-0.15, -0.1) is 0 Å². The Morgan fingerprint density at radius 2 is 2.10 bits per heavy atom. The van der Waals surface area contributed by atoms with Gasteiger partial charge in [0.1, 0.15) is 0 Å². The summed E-state index contributed by atoms with van der Waals surface area (Å²) in [6, 6.07) is 1.54. The Morgan fingerprint density at radius 3 is 2.60 bits per heavy atom. The topological polar surface area (TPSA) is 33.1 Å². The molecule has 0 amide bonds. The Morgan fingerprint density at radius 1 is 1.50 bits per heavy atom. The summed E-state index contributed by atoms with van der Waals surface area (Å²) in [4.78, 5) is 3.76. The summed E-state index contributed by atoms with van der Waals surface area (Å²) in [6.07, 6.45) is 0. The number of rotatable bonds is 0. The molecule has 54 valence electrons. The molecule has 4 heteroatoms. The second-order valence-corrected chi connectivity index (χ2v) is 2.65. The van der Waals surface area contributed by atoms with E-state index >= 15 is 0 Å². The molecule has 0 spiro atoms. The molecular formula is C6H5Cl2NO. The molecule has 0 aromatic carbocycles. The minimum Gasteiger partial charge on any atom is -0.504 e. The highest BCUT2D eigenvalue weighted by Gasteiger charge is 2.04. The Hall–Kier alpha value is -0.470. The lowest BCUT2D eigenvalue weighted by Gasteiger charge is -1.98. The molecule has 0 saturated carbocycles. The van der Waals surface area contributed by atoms with E-state index in [-0.39, 0.29) is 15.9 Å². The summed E-state index contributed by atoms with van der Waals surface area (Å²) in [5, 5.41) is 9.28. The van der Waals surface area contributed by atoms with Crippen LogP contribution in [0.3, 0.4) is 0 Å². The van der Waals surface area contributed by atoms with Gasteiger partial charge in [0, 0.05) is 5.69 Å². The third-order valence-electron chi connectivity index (χ3n) is 1.03. The van der Waals surface area contributed by atoms with Crippen LogP contribution in [-0.4, -0.2) is 10.1 Å². The van der Waals surface area contributed by atoms with Crippen LogP contribution in [0.4, 0.5) is 0 Å². The third-order valence-corrected chi connectivity index (χ3v) is 1.58. The number of pyridine rings is 1. The van der Waals surface area contributed by atoms with Gasteiger partial charge in [-0.1, -0.05) is 23.2 Å². The summed E-state index contributed by atoms with van der Waals surface area (Å²) in [6.45, 7) is 1.75. The smallest absolute Gasteiger partial charge is 0.172 e. The lowest BCUT2D eigenvalue weighted by atomic mass is 10.4. The fraction of sp³-hybridized carbons (Fsp3) is 0.167. The van der Waals surface area contributed by atoms with E-state index in [1.165, 1.54) is 0 Å². The van der Waals surface area contributed by atoms with Crippen molar-refractivity contribution in [1.29, 1.82) is 0 Å². The van der Waals surface area contributed by atoms with Crippen LogP contribution in [0.2, 0.25) is 10.2 Å². The summed E-state index contributed by atoms with van der Waals surface area (Å²) < 4.78 is 0. The van der Waals surface area contributed by atoms with Crippen LogP contribution in [0.1, 0.15) is 5.69 Å². The van der Waals surface area contributed by atoms with E-state index in [9.17, 15) is 0 Å². The Labute approximate surface area is 68.4 Å². The molecule has 2 nitrogen and oxygen atoms in total. The van der Waals surface area contributed by atoms with Gasteiger partial charge in [-0.3, -0.25) is 0 Å². The number of aromatic nitrogens is 1. The molecule has 0 aliphatic rings. The van der Waals surface area contributed by atoms with E-state index in [2.05, 4.69) is 4.98 Å². The average Bonchev–Trinajstić information content (AvgIpc) is 1.82. The van der Waals surface area contributed by atoms with Gasteiger partial charge in [-0.2, -0.15) is 0 Å². The van der Waals surface area contributed by atoms with E-state index in [0.29, 0.717) is 5.69 Å². The van der Waals surface area contributed by atoms with Gasteiger partial charge in [0.05, 0.1) is 5.02 Å². The molecular weight excluding hydrogens is 173 g/mol. The van der Waals surface area contributed by atoms with Crippen LogP contribution >= 0.6 is 23.2 Å². The molecule has 0 bridgehead atoms. The van der Waals surface area contributed by atoms with Crippen molar-refractivity contribution < 1.29 is 5.11 Å². The van der Waals surface area contributed by atoms with Crippen LogP contribution in [0, 0.1) is 6.92 Å². The predicted octanol–water partition coefficient (Wildman–Crippen LogP) is 2.40. The van der Waals surface area contributed by atoms with Crippen molar-refractivity contribution in [3.63, 3.8) is 0 Å². The lowest BCUT2D eigenvalue weighted by molar-refractivity contribution is 0.473. The zero-order valence-electron chi connectivity index (χ0n) is 5.23. The van der Waals surface area contributed by atoms with Crippen molar-refractivity contribution in [2.75, 3.05) is 0 Å². The van der Waals surface area contributed by atoms with Crippen molar-refractivity contribution >= 4 is 23.2 Å². The summed E-state index contributed by atoms with van der Waals surface area (Å²) >= 11 is 11.0. The second-order valence-electron chi connectivity index (χ2n) is 1.88. The molecule has 0 radical (unpaired) electrons. The first-order chi connectivity index (χ1) is 4.61. The van der Waals surface area contributed by atoms with Gasteiger partial charge in [-0.05, 0) is 13.0 Å². The van der Waals surface area contributed by atoms with Gasteiger partial charge in [0.15, 0.2) is 10.9 Å². The van der Waals surface area contributed by atoms with Gasteiger partial charge in [-0.25, -0.2) is 4.98 Å². The Kier molecular flexibility index (Phi) is 2.02. The third kappa shape index (κ3) is 1.33. The Balaban J connectivity index is 3.31. The molecule has 0 atom stereocenters. The molecule has 1 rings (SSSR count). The predicted molar refractivity (Wildman–Crippen MR) is 40.7 cm³/mol. The van der Waals surface area contributed by atoms with E-state index in [4.69, 9.17) is 28.3 Å². The zero-order valence-corrected chi connectivity index (χ0v) is 6.74. The molecule has 10 heavy (non-hydrogen) atoms. The number of hydrogen-bond acceptors (Lipinski definition) is 2. The maximum Gasteiger partial charge on any atom is 0.172 e. The zero-order chi connectivity index (χ0) is 7.72. The van der Waals surface area contributed by atoms with Gasteiger partial charge < -0.3 is 5.11 Å². The molecule has 0 fully saturated rings. The first-order valence-corrected chi connectivity index (χ1v) is 3.38. The molecule has 0 aliphatic heterocycles. The second kappa shape index (κ2) is 2.64. The van der Waals surface area contributed by atoms with Crippen LogP contribution in [0.25, 0.3) is 0 Å². The Bertz CT molecular complexity index is 239. The summed E-state index contributed by atoms with van der Waals surface area (Å²) in [7, 11) is 0. The van der Waals surface area contributed by atoms with Crippen molar-refractivity contribution in [2.24, 2.45) is 0 Å². The van der Waals surface area contributed by atoms with Gasteiger partial charge in [0.2, 0.25) is 0 Å². The van der Waals surface area contributed by atoms with Crippen molar-refractivity contribution in [1.82, 2.24) is 4.98 Å². The normalized spacial score (nSPS) is 9.90. The summed E-state index contributed by atoms with van der Waals surface area (Å²) in [5.74, 6) is -0.158. The first-order valence-electron chi connectivity index (χ1n) is 2.63. The van der Waals surface area contributed by atoms with Gasteiger partial charge >= 0.3 is 0 Å². The van der Waals surface area contributed by atoms with Gasteiger partial charge in [0.25, 0.3) is 0 Å². The highest BCUT2D eigenvalue weighted by Crippen LogP contribution is 2.29. The number of aromatic hydroxyl groups is 1. The summed E-state index contributed by atoms with van der Waals surface area (Å²) in [5.41, 5.74) is 0.688. The SMILES string of the molecule is Cc1cc(Cl)c(O)c(Cl)n1. The minimum atomic E-state index is -0.158. The van der Waals surface area contributed by atoms with Crippen molar-refractivity contribution in [3.05, 3.63) is 21.9 Å². The van der Waals surface area contributed by atoms with Crippen LogP contribution < -0.4 is 0 Å². The monoisotopic (exact) mass is 177 g/mol. The average molecular weight is 178 g/mol. The number of hydrogen-bond donors (Lipinski definition) is 1. The molecule has 0 unspecified atom stereocenters. The number of nitrogens with zero attached hydrogens (tertiary/aromatic N) is 1. The van der Waals surface area contributed by atoms with Crippen molar-refractivity contribution in [2.45, 2.75) is 6.92 Å². The van der Waals surface area contributed by atoms with Crippen LogP contribution in [0.5, 0.6) is 5.75 Å². The van der Waals surface area contributed by atoms with E-state index in [0.717, 1.165) is 0 Å². The van der Waals surface area contributed by atoms with E-state index in [1.807, 2.05) is 0 Å². The molecule has 1 N–H and O–H groups in total. The molecule has 1 aromatic rings. The lowest BCUT2D eigenvalue weighted by Crippen LogP contribution is -1.82. The highest BCUT2D eigenvalue weighted by atomic mass is 35.5. The fourth-order valence-corrected chi connectivity index (χ4v) is 1.12. The first kappa shape index (κ1) is 7.63. The maximum absolute atomic E-state index is 9.00. The quantitative estimate of drug-likeness (QED) is 0.618. The molecule has 1 heterocycles. The van der Waals surface area contributed by atoms with Crippen molar-refractivity contribution in [3.8, 4) is 5.75 Å². The van der Waals surface area contributed by atoms with Crippen LogP contribution in [0.15, 0.2) is 6.07 Å². The highest BCUT2D eigenvalue weighted by molar-refractivity contribution is 6.36.